The van der Waals surface area contributed by atoms with Crippen molar-refractivity contribution in [2.75, 3.05) is 10.5 Å². The summed E-state index contributed by atoms with van der Waals surface area (Å²) in [5, 5.41) is 0. The Bertz CT molecular complexity index is 765. The first kappa shape index (κ1) is 14.7. The Hall–Kier alpha value is -1.67. The second-order valence-corrected chi connectivity index (χ2v) is 6.68. The topological polar surface area (TPSA) is 85.1 Å². The maximum Gasteiger partial charge on any atom is 0.265 e. The van der Waals surface area contributed by atoms with Gasteiger partial charge in [0.2, 0.25) is 0 Å². The van der Waals surface area contributed by atoms with Crippen molar-refractivity contribution < 1.29 is 12.8 Å². The van der Waals surface area contributed by atoms with Crippen LogP contribution in [-0.4, -0.2) is 13.4 Å². The van der Waals surface area contributed by atoms with Crippen molar-refractivity contribution in [1.29, 1.82) is 0 Å². The molecule has 0 amide bonds. The molecule has 0 aliphatic rings. The summed E-state index contributed by atoms with van der Waals surface area (Å²) in [5.74, 6) is -0.767. The first-order valence-corrected chi connectivity index (χ1v) is 7.77. The molecule has 0 saturated carbocycles. The van der Waals surface area contributed by atoms with Gasteiger partial charge >= 0.3 is 0 Å². The molecule has 2 rings (SSSR count). The second kappa shape index (κ2) is 5.37. The van der Waals surface area contributed by atoms with Gasteiger partial charge in [0.1, 0.15) is 16.5 Å². The minimum absolute atomic E-state index is 0.143. The average Bonchev–Trinajstić information content (AvgIpc) is 2.32. The number of rotatable bonds is 3. The van der Waals surface area contributed by atoms with Gasteiger partial charge < -0.3 is 5.73 Å². The zero-order valence-corrected chi connectivity index (χ0v) is 12.8. The fraction of sp³-hybridized carbons (Fsp3) is 0.0833. The number of aryl methyl sites for hydroxylation is 1. The van der Waals surface area contributed by atoms with Gasteiger partial charge in [0, 0.05) is 16.4 Å². The predicted molar refractivity (Wildman–Crippen MR) is 78.3 cm³/mol. The van der Waals surface area contributed by atoms with E-state index in [0.717, 1.165) is 16.6 Å². The molecule has 1 heterocycles. The van der Waals surface area contributed by atoms with Crippen molar-refractivity contribution in [3.63, 3.8) is 0 Å². The van der Waals surface area contributed by atoms with Crippen molar-refractivity contribution in [2.45, 2.75) is 11.8 Å². The van der Waals surface area contributed by atoms with E-state index in [4.69, 9.17) is 5.73 Å². The first-order valence-electron chi connectivity index (χ1n) is 5.49. The number of benzene rings is 1. The molecule has 0 saturated heterocycles. The molecule has 0 aliphatic heterocycles. The summed E-state index contributed by atoms with van der Waals surface area (Å²) < 4.78 is 40.9. The molecular weight excluding hydrogens is 349 g/mol. The molecule has 0 bridgehead atoms. The monoisotopic (exact) mass is 359 g/mol. The lowest BCUT2D eigenvalue weighted by Crippen LogP contribution is -2.16. The van der Waals surface area contributed by atoms with Gasteiger partial charge in [0.05, 0.1) is 0 Å². The number of nitrogen functional groups attached to an aromatic ring is 1. The summed E-state index contributed by atoms with van der Waals surface area (Å²) in [6.45, 7) is 1.69. The second-order valence-electron chi connectivity index (χ2n) is 4.11. The highest BCUT2D eigenvalue weighted by Crippen LogP contribution is 2.22. The summed E-state index contributed by atoms with van der Waals surface area (Å²) >= 11 is 3.23. The van der Waals surface area contributed by atoms with Gasteiger partial charge in [-0.15, -0.1) is 0 Å². The smallest absolute Gasteiger partial charge is 0.265 e. The van der Waals surface area contributed by atoms with Crippen molar-refractivity contribution in [2.24, 2.45) is 0 Å². The van der Waals surface area contributed by atoms with Crippen molar-refractivity contribution in [3.05, 3.63) is 46.3 Å². The van der Waals surface area contributed by atoms with E-state index in [0.29, 0.717) is 5.56 Å². The van der Waals surface area contributed by atoms with E-state index >= 15 is 0 Å². The number of nitrogens with zero attached hydrogens (tertiary/aromatic N) is 1. The van der Waals surface area contributed by atoms with Crippen LogP contribution < -0.4 is 10.5 Å². The van der Waals surface area contributed by atoms with Gasteiger partial charge in [-0.3, -0.25) is 4.72 Å². The molecule has 3 N–H and O–H groups in total. The number of anilines is 2. The summed E-state index contributed by atoms with van der Waals surface area (Å²) in [6.07, 6.45) is 1.45. The maximum absolute atomic E-state index is 13.7. The maximum atomic E-state index is 13.7. The van der Waals surface area contributed by atoms with E-state index in [1.807, 2.05) is 0 Å². The molecule has 0 radical (unpaired) electrons. The van der Waals surface area contributed by atoms with E-state index in [2.05, 4.69) is 25.6 Å². The molecule has 106 valence electrons. The molecule has 20 heavy (non-hydrogen) atoms. The number of pyridine rings is 1. The summed E-state index contributed by atoms with van der Waals surface area (Å²) in [5.41, 5.74) is 6.15. The number of hydrogen-bond acceptors (Lipinski definition) is 4. The normalized spacial score (nSPS) is 11.3. The SMILES string of the molecule is Cc1cc(Br)cnc1NS(=O)(=O)c1ccc(N)cc1F. The number of aromatic nitrogens is 1. The summed E-state index contributed by atoms with van der Waals surface area (Å²) in [6, 6.07) is 5.08. The minimum Gasteiger partial charge on any atom is -0.399 e. The van der Waals surface area contributed by atoms with Crippen LogP contribution in [-0.2, 0) is 10.0 Å². The number of nitrogens with one attached hydrogen (secondary N) is 1. The zero-order chi connectivity index (χ0) is 14.9. The number of sulfonamides is 1. The lowest BCUT2D eigenvalue weighted by molar-refractivity contribution is 0.570. The largest absolute Gasteiger partial charge is 0.399 e. The Kier molecular flexibility index (Phi) is 3.96. The van der Waals surface area contributed by atoms with Gasteiger partial charge in [0.25, 0.3) is 10.0 Å². The molecule has 0 unspecified atom stereocenters. The number of hydrogen-bond donors (Lipinski definition) is 2. The third-order valence-corrected chi connectivity index (χ3v) is 4.33. The summed E-state index contributed by atoms with van der Waals surface area (Å²) in [4.78, 5) is 3.48. The molecular formula is C12H11BrFN3O2S. The van der Waals surface area contributed by atoms with Gasteiger partial charge in [-0.1, -0.05) is 0 Å². The van der Waals surface area contributed by atoms with E-state index in [1.165, 1.54) is 12.3 Å². The molecule has 0 spiro atoms. The van der Waals surface area contributed by atoms with E-state index in [9.17, 15) is 12.8 Å². The van der Waals surface area contributed by atoms with Crippen molar-refractivity contribution >= 4 is 37.5 Å². The lowest BCUT2D eigenvalue weighted by atomic mass is 10.3. The third kappa shape index (κ3) is 3.07. The summed E-state index contributed by atoms with van der Waals surface area (Å²) in [7, 11) is -4.05. The Morgan fingerprint density at radius 2 is 2.05 bits per heavy atom. The van der Waals surface area contributed by atoms with Gasteiger partial charge in [-0.25, -0.2) is 17.8 Å². The number of nitrogens with two attached hydrogens (primary N) is 1. The standard InChI is InChI=1S/C12H11BrFN3O2S/c1-7-4-8(13)6-16-12(7)17-20(18,19)11-3-2-9(15)5-10(11)14/h2-6H,15H2,1H3,(H,16,17). The van der Waals surface area contributed by atoms with Crippen LogP contribution in [0.1, 0.15) is 5.56 Å². The van der Waals surface area contributed by atoms with Crippen LogP contribution in [0.15, 0.2) is 39.8 Å². The fourth-order valence-electron chi connectivity index (χ4n) is 1.56. The van der Waals surface area contributed by atoms with Crippen LogP contribution in [0, 0.1) is 12.7 Å². The van der Waals surface area contributed by atoms with Crippen LogP contribution in [0.2, 0.25) is 0 Å². The van der Waals surface area contributed by atoms with E-state index < -0.39 is 20.7 Å². The highest BCUT2D eigenvalue weighted by atomic mass is 79.9. The quantitative estimate of drug-likeness (QED) is 0.825. The van der Waals surface area contributed by atoms with E-state index in [-0.39, 0.29) is 11.5 Å². The molecule has 5 nitrogen and oxygen atoms in total. The number of halogens is 2. The van der Waals surface area contributed by atoms with Gasteiger partial charge in [-0.05, 0) is 52.7 Å². The fourth-order valence-corrected chi connectivity index (χ4v) is 3.15. The van der Waals surface area contributed by atoms with Crippen LogP contribution in [0.25, 0.3) is 0 Å². The van der Waals surface area contributed by atoms with Crippen molar-refractivity contribution in [1.82, 2.24) is 4.98 Å². The van der Waals surface area contributed by atoms with Crippen LogP contribution in [0.5, 0.6) is 0 Å². The van der Waals surface area contributed by atoms with Gasteiger partial charge in [0.15, 0.2) is 0 Å². The van der Waals surface area contributed by atoms with Crippen LogP contribution in [0.3, 0.4) is 0 Å². The first-order chi connectivity index (χ1) is 9.29. The Labute approximate surface area is 124 Å². The van der Waals surface area contributed by atoms with Crippen LogP contribution >= 0.6 is 15.9 Å². The Balaban J connectivity index is 2.41. The predicted octanol–water partition coefficient (Wildman–Crippen LogP) is 2.67. The molecule has 8 heteroatoms. The molecule has 0 fully saturated rings. The molecule has 1 aromatic heterocycles. The highest BCUT2D eigenvalue weighted by molar-refractivity contribution is 9.10. The molecule has 0 aliphatic carbocycles. The zero-order valence-electron chi connectivity index (χ0n) is 10.4. The Morgan fingerprint density at radius 3 is 2.65 bits per heavy atom. The minimum atomic E-state index is -4.05. The average molecular weight is 360 g/mol. The lowest BCUT2D eigenvalue weighted by Gasteiger charge is -2.10. The van der Waals surface area contributed by atoms with Crippen molar-refractivity contribution in [3.8, 4) is 0 Å². The highest BCUT2D eigenvalue weighted by Gasteiger charge is 2.20. The van der Waals surface area contributed by atoms with Gasteiger partial charge in [-0.2, -0.15) is 0 Å². The molecule has 1 aromatic carbocycles. The Morgan fingerprint density at radius 1 is 1.35 bits per heavy atom. The van der Waals surface area contributed by atoms with Crippen LogP contribution in [0.4, 0.5) is 15.9 Å². The molecule has 0 atom stereocenters. The third-order valence-electron chi connectivity index (χ3n) is 2.52. The van der Waals surface area contributed by atoms with E-state index in [1.54, 1.807) is 13.0 Å². The molecule has 2 aromatic rings.